The van der Waals surface area contributed by atoms with Gasteiger partial charge in [0, 0.05) is 41.2 Å². The average Bonchev–Trinajstić information content (AvgIpc) is 3.08. The summed E-state index contributed by atoms with van der Waals surface area (Å²) >= 11 is 0. The molecule has 0 radical (unpaired) electrons. The van der Waals surface area contributed by atoms with Crippen LogP contribution in [0.25, 0.3) is 0 Å². The number of fused-ring (bicyclic) bond motifs is 3. The minimum atomic E-state index is -0.994. The summed E-state index contributed by atoms with van der Waals surface area (Å²) in [4.78, 5) is 65.2. The van der Waals surface area contributed by atoms with Crippen molar-refractivity contribution < 1.29 is 34.2 Å². The van der Waals surface area contributed by atoms with E-state index in [2.05, 4.69) is 0 Å². The van der Waals surface area contributed by atoms with E-state index < -0.39 is 29.6 Å². The van der Waals surface area contributed by atoms with E-state index in [1.165, 1.54) is 6.08 Å². The Morgan fingerprint density at radius 2 is 1.83 bits per heavy atom. The molecule has 0 aromatic heterocycles. The summed E-state index contributed by atoms with van der Waals surface area (Å²) in [5.41, 5.74) is 2.92. The molecule has 0 spiro atoms. The number of phenols is 1. The molecule has 0 bridgehead atoms. The quantitative estimate of drug-likeness (QED) is 0.370. The lowest BCUT2D eigenvalue weighted by molar-refractivity contribution is -0.142. The molecule has 3 aliphatic carbocycles. The van der Waals surface area contributed by atoms with E-state index in [4.69, 9.17) is 5.11 Å². The molecule has 186 valence electrons. The normalized spacial score (nSPS) is 27.4. The number of aromatic hydroxyl groups is 1. The van der Waals surface area contributed by atoms with Gasteiger partial charge in [-0.05, 0) is 50.7 Å². The maximum Gasteiger partial charge on any atom is 0.303 e. The Kier molecular flexibility index (Phi) is 5.77. The van der Waals surface area contributed by atoms with Gasteiger partial charge in [0.15, 0.2) is 11.6 Å². The average molecular weight is 490 g/mol. The van der Waals surface area contributed by atoms with E-state index in [9.17, 15) is 29.1 Å². The van der Waals surface area contributed by atoms with Crippen LogP contribution in [0.5, 0.6) is 5.75 Å². The highest BCUT2D eigenvalue weighted by atomic mass is 16.4. The summed E-state index contributed by atoms with van der Waals surface area (Å²) in [5.74, 6) is -4.61. The molecule has 0 saturated carbocycles. The van der Waals surface area contributed by atoms with E-state index in [0.717, 1.165) is 10.5 Å². The summed E-state index contributed by atoms with van der Waals surface area (Å²) in [5, 5.41) is 19.9. The van der Waals surface area contributed by atoms with Crippen LogP contribution in [0, 0.1) is 24.7 Å². The number of likely N-dealkylation sites (tertiary alicyclic amines) is 1. The zero-order valence-corrected chi connectivity index (χ0v) is 20.1. The lowest BCUT2D eigenvalue weighted by atomic mass is 9.59. The summed E-state index contributed by atoms with van der Waals surface area (Å²) in [7, 11) is 0. The molecule has 8 nitrogen and oxygen atoms in total. The zero-order valence-electron chi connectivity index (χ0n) is 20.1. The molecule has 1 saturated heterocycles. The minimum absolute atomic E-state index is 0.0358. The van der Waals surface area contributed by atoms with E-state index in [-0.39, 0.29) is 54.9 Å². The van der Waals surface area contributed by atoms with E-state index in [0.29, 0.717) is 34.3 Å². The molecule has 1 aliphatic heterocycles. The molecular formula is C28H27NO7. The fourth-order valence-electron chi connectivity index (χ4n) is 6.33. The van der Waals surface area contributed by atoms with Crippen LogP contribution in [0.4, 0.5) is 0 Å². The van der Waals surface area contributed by atoms with Gasteiger partial charge in [0.2, 0.25) is 11.8 Å². The van der Waals surface area contributed by atoms with Crippen molar-refractivity contribution in [3.8, 4) is 5.75 Å². The summed E-state index contributed by atoms with van der Waals surface area (Å²) in [6.07, 6.45) is 3.73. The number of carbonyl (C=O) groups excluding carboxylic acids is 4. The topological polar surface area (TPSA) is 129 Å². The summed E-state index contributed by atoms with van der Waals surface area (Å²) < 4.78 is 0. The number of rotatable bonds is 5. The lowest BCUT2D eigenvalue weighted by Gasteiger charge is -2.42. The summed E-state index contributed by atoms with van der Waals surface area (Å²) in [6.45, 7) is 3.38. The molecule has 8 heteroatoms. The molecule has 1 fully saturated rings. The molecule has 2 N–H and O–H groups in total. The number of amides is 2. The van der Waals surface area contributed by atoms with Gasteiger partial charge in [-0.25, -0.2) is 0 Å². The number of ketones is 2. The molecular weight excluding hydrogens is 462 g/mol. The van der Waals surface area contributed by atoms with Crippen LogP contribution >= 0.6 is 0 Å². The second-order valence-electron chi connectivity index (χ2n) is 10.1. The van der Waals surface area contributed by atoms with Crippen molar-refractivity contribution in [3.63, 3.8) is 0 Å². The number of carbonyl (C=O) groups is 5. The van der Waals surface area contributed by atoms with Crippen molar-refractivity contribution >= 4 is 29.4 Å². The predicted molar refractivity (Wildman–Crippen MR) is 128 cm³/mol. The molecule has 1 heterocycles. The number of benzene rings is 1. The number of nitrogens with zero attached hydrogens (tertiary/aromatic N) is 1. The fourth-order valence-corrected chi connectivity index (χ4v) is 6.33. The van der Waals surface area contributed by atoms with Crippen molar-refractivity contribution in [1.82, 2.24) is 4.90 Å². The third-order valence-corrected chi connectivity index (χ3v) is 8.01. The van der Waals surface area contributed by atoms with Gasteiger partial charge in [-0.15, -0.1) is 0 Å². The number of imide groups is 1. The lowest BCUT2D eigenvalue weighted by Crippen LogP contribution is -2.40. The smallest absolute Gasteiger partial charge is 0.303 e. The Balaban J connectivity index is 1.60. The second kappa shape index (κ2) is 8.69. The van der Waals surface area contributed by atoms with Gasteiger partial charge < -0.3 is 10.2 Å². The third-order valence-electron chi connectivity index (χ3n) is 8.01. The SMILES string of the molecule is CC1=CC(=O)C2=C(CC3C(=CCC4C(=O)N(CCCC(=O)O)C(=O)C43)C2c2cccc(C)c2O)C1=O. The highest BCUT2D eigenvalue weighted by molar-refractivity contribution is 6.23. The first kappa shape index (κ1) is 23.9. The number of phenolic OH excluding ortho intramolecular Hbond substituents is 1. The predicted octanol–water partition coefficient (Wildman–Crippen LogP) is 2.99. The Bertz CT molecular complexity index is 1330. The molecule has 2 amide bonds. The van der Waals surface area contributed by atoms with E-state index in [1.807, 2.05) is 6.08 Å². The Morgan fingerprint density at radius 3 is 2.56 bits per heavy atom. The Labute approximate surface area is 208 Å². The molecule has 36 heavy (non-hydrogen) atoms. The van der Waals surface area contributed by atoms with Crippen molar-refractivity contribution in [2.24, 2.45) is 17.8 Å². The first-order valence-electron chi connectivity index (χ1n) is 12.2. The van der Waals surface area contributed by atoms with E-state index >= 15 is 0 Å². The number of Topliss-reactive ketones (excluding diaryl/α,β-unsaturated/α-hetero) is 1. The van der Waals surface area contributed by atoms with Crippen molar-refractivity contribution in [2.75, 3.05) is 6.54 Å². The monoisotopic (exact) mass is 489 g/mol. The van der Waals surface area contributed by atoms with Crippen LogP contribution in [0.1, 0.15) is 49.7 Å². The maximum absolute atomic E-state index is 13.5. The van der Waals surface area contributed by atoms with Crippen molar-refractivity contribution in [1.29, 1.82) is 0 Å². The first-order valence-corrected chi connectivity index (χ1v) is 12.2. The molecule has 5 rings (SSSR count). The molecule has 1 aromatic carbocycles. The number of hydrogen-bond acceptors (Lipinski definition) is 6. The molecule has 4 atom stereocenters. The second-order valence-corrected chi connectivity index (χ2v) is 10.1. The zero-order chi connectivity index (χ0) is 25.9. The summed E-state index contributed by atoms with van der Waals surface area (Å²) in [6, 6.07) is 5.27. The molecule has 1 aromatic rings. The molecule has 4 aliphatic rings. The van der Waals surface area contributed by atoms with Gasteiger partial charge in [0.25, 0.3) is 0 Å². The van der Waals surface area contributed by atoms with Crippen LogP contribution in [-0.4, -0.2) is 51.0 Å². The Morgan fingerprint density at radius 1 is 1.08 bits per heavy atom. The van der Waals surface area contributed by atoms with Crippen molar-refractivity contribution in [2.45, 2.75) is 45.4 Å². The molecule has 4 unspecified atom stereocenters. The van der Waals surface area contributed by atoms with Crippen LogP contribution in [0.3, 0.4) is 0 Å². The third kappa shape index (κ3) is 3.54. The standard InChI is InChI=1S/C28H27NO7/c1-13-5-3-6-16(25(13)33)22-15-8-9-17-23(28(36)29(27(17)35)10-4-7-21(31)32)18(15)12-19-24(22)20(30)11-14(2)26(19)34/h3,5-6,8,11,17-18,22-23,33H,4,7,9-10,12H2,1-2H3,(H,31,32). The van der Waals surface area contributed by atoms with E-state index in [1.54, 1.807) is 32.0 Å². The van der Waals surface area contributed by atoms with Gasteiger partial charge in [-0.3, -0.25) is 28.9 Å². The highest BCUT2D eigenvalue weighted by Gasteiger charge is 2.56. The van der Waals surface area contributed by atoms with Gasteiger partial charge in [0.05, 0.1) is 11.8 Å². The fraction of sp³-hybridized carbons (Fsp3) is 0.393. The van der Waals surface area contributed by atoms with Gasteiger partial charge in [0.1, 0.15) is 5.75 Å². The number of carboxylic acids is 1. The van der Waals surface area contributed by atoms with Gasteiger partial charge >= 0.3 is 5.97 Å². The van der Waals surface area contributed by atoms with Gasteiger partial charge in [-0.1, -0.05) is 29.8 Å². The van der Waals surface area contributed by atoms with Crippen LogP contribution in [0.2, 0.25) is 0 Å². The number of hydrogen-bond donors (Lipinski definition) is 2. The number of allylic oxidation sites excluding steroid dienone is 6. The van der Waals surface area contributed by atoms with Crippen molar-refractivity contribution in [3.05, 3.63) is 63.8 Å². The largest absolute Gasteiger partial charge is 0.507 e. The highest BCUT2D eigenvalue weighted by Crippen LogP contribution is 2.56. The maximum atomic E-state index is 13.5. The number of carboxylic acid groups (broad SMARTS) is 1. The first-order chi connectivity index (χ1) is 17.1. The number of aliphatic carboxylic acids is 1. The minimum Gasteiger partial charge on any atom is -0.507 e. The van der Waals surface area contributed by atoms with Gasteiger partial charge in [-0.2, -0.15) is 0 Å². The van der Waals surface area contributed by atoms with Crippen LogP contribution in [-0.2, 0) is 24.0 Å². The van der Waals surface area contributed by atoms with Crippen LogP contribution in [0.15, 0.2) is 52.6 Å². The van der Waals surface area contributed by atoms with Crippen LogP contribution < -0.4 is 0 Å². The number of para-hydroxylation sites is 1. The Hall–Kier alpha value is -3.81. The number of aryl methyl sites for hydroxylation is 1.